The molecule has 0 aliphatic heterocycles. The molecule has 1 aliphatic rings. The third kappa shape index (κ3) is 4.17. The second-order valence-corrected chi connectivity index (χ2v) is 9.59. The van der Waals surface area contributed by atoms with Gasteiger partial charge in [0, 0.05) is 23.5 Å². The Labute approximate surface area is 174 Å². The van der Waals surface area contributed by atoms with E-state index in [9.17, 15) is 18.5 Å². The second-order valence-electron chi connectivity index (χ2n) is 6.55. The van der Waals surface area contributed by atoms with Crippen molar-refractivity contribution < 1.29 is 13.2 Å². The summed E-state index contributed by atoms with van der Waals surface area (Å²) in [6.07, 6.45) is 5.85. The molecule has 0 spiro atoms. The van der Waals surface area contributed by atoms with Crippen LogP contribution in [-0.4, -0.2) is 31.7 Å². The topological polar surface area (TPSA) is 90.3 Å². The third-order valence-electron chi connectivity index (χ3n) is 4.68. The molecule has 3 rings (SSSR count). The molecule has 6 nitrogen and oxygen atoms in total. The van der Waals surface area contributed by atoms with Gasteiger partial charge >= 0.3 is 0 Å². The summed E-state index contributed by atoms with van der Waals surface area (Å²) in [7, 11) is -3.72. The van der Waals surface area contributed by atoms with E-state index in [1.807, 2.05) is 0 Å². The monoisotopic (exact) mass is 427 g/mol. The predicted octanol–water partition coefficient (Wildman–Crippen LogP) is 3.72. The number of rotatable bonds is 8. The van der Waals surface area contributed by atoms with Gasteiger partial charge < -0.3 is 5.32 Å². The van der Waals surface area contributed by atoms with Crippen LogP contribution in [0.15, 0.2) is 54.5 Å². The molecule has 8 heteroatoms. The Morgan fingerprint density at radius 1 is 1.21 bits per heavy atom. The highest BCUT2D eigenvalue weighted by Crippen LogP contribution is 2.38. The van der Waals surface area contributed by atoms with Crippen molar-refractivity contribution in [2.75, 3.05) is 18.4 Å². The van der Waals surface area contributed by atoms with Crippen LogP contribution in [0.4, 0.5) is 5.00 Å². The van der Waals surface area contributed by atoms with Crippen molar-refractivity contribution in [3.8, 4) is 6.07 Å². The molecular formula is C21H21N3O3S2. The lowest BCUT2D eigenvalue weighted by Crippen LogP contribution is -2.31. The summed E-state index contributed by atoms with van der Waals surface area (Å²) in [5.41, 5.74) is 1.90. The second kappa shape index (κ2) is 8.74. The van der Waals surface area contributed by atoms with E-state index in [0.29, 0.717) is 16.1 Å². The Hall–Kier alpha value is -2.73. The summed E-state index contributed by atoms with van der Waals surface area (Å²) in [6, 6.07) is 7.94. The number of nitrogens with one attached hydrogen (secondary N) is 1. The largest absolute Gasteiger partial charge is 0.312 e. The number of aryl methyl sites for hydroxylation is 1. The molecule has 1 amide bonds. The molecule has 1 aromatic carbocycles. The summed E-state index contributed by atoms with van der Waals surface area (Å²) in [5, 5.41) is 12.8. The molecule has 1 aliphatic carbocycles. The maximum atomic E-state index is 12.7. The van der Waals surface area contributed by atoms with Crippen molar-refractivity contribution in [1.82, 2.24) is 4.31 Å². The summed E-state index contributed by atoms with van der Waals surface area (Å²) in [6.45, 7) is 7.49. The average Bonchev–Trinajstić information content (AvgIpc) is 3.28. The maximum absolute atomic E-state index is 12.7. The predicted molar refractivity (Wildman–Crippen MR) is 115 cm³/mol. The number of sulfonamides is 1. The lowest BCUT2D eigenvalue weighted by molar-refractivity contribution is 0.102. The van der Waals surface area contributed by atoms with Gasteiger partial charge in [0.1, 0.15) is 11.1 Å². The zero-order valence-corrected chi connectivity index (χ0v) is 17.5. The molecule has 1 N–H and O–H groups in total. The summed E-state index contributed by atoms with van der Waals surface area (Å²) >= 11 is 1.44. The highest BCUT2D eigenvalue weighted by Gasteiger charge is 2.25. The first-order valence-corrected chi connectivity index (χ1v) is 11.4. The van der Waals surface area contributed by atoms with Gasteiger partial charge in [-0.25, -0.2) is 8.42 Å². The number of carbonyl (C=O) groups is 1. The molecule has 2 aromatic rings. The van der Waals surface area contributed by atoms with Gasteiger partial charge in [0.2, 0.25) is 10.0 Å². The molecule has 0 fully saturated rings. The van der Waals surface area contributed by atoms with Crippen LogP contribution >= 0.6 is 11.3 Å². The lowest BCUT2D eigenvalue weighted by atomic mass is 10.1. The van der Waals surface area contributed by atoms with E-state index in [1.165, 1.54) is 52.1 Å². The number of anilines is 1. The first-order chi connectivity index (χ1) is 13.9. The van der Waals surface area contributed by atoms with Gasteiger partial charge in [-0.15, -0.1) is 24.5 Å². The number of carbonyl (C=O) groups excluding carboxylic acids is 1. The Bertz CT molecular complexity index is 1080. The maximum Gasteiger partial charge on any atom is 0.256 e. The average molecular weight is 428 g/mol. The number of hydrogen-bond acceptors (Lipinski definition) is 5. The van der Waals surface area contributed by atoms with Crippen LogP contribution in [0, 0.1) is 11.3 Å². The van der Waals surface area contributed by atoms with E-state index < -0.39 is 10.0 Å². The van der Waals surface area contributed by atoms with Gasteiger partial charge in [0.15, 0.2) is 0 Å². The van der Waals surface area contributed by atoms with Crippen LogP contribution in [0.3, 0.4) is 0 Å². The summed E-state index contributed by atoms with van der Waals surface area (Å²) in [4.78, 5) is 13.9. The van der Waals surface area contributed by atoms with Crippen LogP contribution in [0.2, 0.25) is 0 Å². The van der Waals surface area contributed by atoms with Crippen molar-refractivity contribution in [1.29, 1.82) is 5.26 Å². The third-order valence-corrected chi connectivity index (χ3v) is 7.73. The Kier molecular flexibility index (Phi) is 6.33. The first-order valence-electron chi connectivity index (χ1n) is 9.10. The number of fused-ring (bicyclic) bond motifs is 1. The van der Waals surface area contributed by atoms with Crippen LogP contribution in [0.5, 0.6) is 0 Å². The van der Waals surface area contributed by atoms with Crippen LogP contribution in [-0.2, 0) is 22.9 Å². The van der Waals surface area contributed by atoms with Gasteiger partial charge in [0.05, 0.1) is 10.5 Å². The molecule has 0 bridgehead atoms. The number of nitriles is 1. The number of thiophene rings is 1. The number of amides is 1. The fourth-order valence-corrected chi connectivity index (χ4v) is 5.89. The number of nitrogens with zero attached hydrogens (tertiary/aromatic N) is 2. The molecule has 0 saturated carbocycles. The minimum atomic E-state index is -3.72. The number of hydrogen-bond donors (Lipinski definition) is 1. The molecular weight excluding hydrogens is 406 g/mol. The van der Waals surface area contributed by atoms with E-state index >= 15 is 0 Å². The van der Waals surface area contributed by atoms with Gasteiger partial charge in [-0.2, -0.15) is 9.57 Å². The summed E-state index contributed by atoms with van der Waals surface area (Å²) in [5.74, 6) is -0.376. The molecule has 1 aromatic heterocycles. The van der Waals surface area contributed by atoms with Crippen LogP contribution in [0.25, 0.3) is 0 Å². The minimum Gasteiger partial charge on any atom is -0.312 e. The van der Waals surface area contributed by atoms with E-state index in [-0.39, 0.29) is 23.9 Å². The Morgan fingerprint density at radius 3 is 2.45 bits per heavy atom. The van der Waals surface area contributed by atoms with E-state index in [2.05, 4.69) is 24.5 Å². The Morgan fingerprint density at radius 2 is 1.86 bits per heavy atom. The van der Waals surface area contributed by atoms with Crippen LogP contribution in [0.1, 0.15) is 32.8 Å². The van der Waals surface area contributed by atoms with Gasteiger partial charge in [-0.1, -0.05) is 12.2 Å². The van der Waals surface area contributed by atoms with Crippen molar-refractivity contribution in [3.05, 3.63) is 71.1 Å². The van der Waals surface area contributed by atoms with E-state index in [4.69, 9.17) is 0 Å². The molecule has 0 radical (unpaired) electrons. The van der Waals surface area contributed by atoms with E-state index in [0.717, 1.165) is 29.7 Å². The summed E-state index contributed by atoms with van der Waals surface area (Å²) < 4.78 is 26.7. The highest BCUT2D eigenvalue weighted by atomic mass is 32.2. The molecule has 1 heterocycles. The van der Waals surface area contributed by atoms with Gasteiger partial charge in [0.25, 0.3) is 5.91 Å². The fraction of sp³-hybridized carbons (Fsp3) is 0.238. The lowest BCUT2D eigenvalue weighted by Gasteiger charge is -2.19. The molecule has 0 atom stereocenters. The van der Waals surface area contributed by atoms with Gasteiger partial charge in [-0.05, 0) is 49.1 Å². The van der Waals surface area contributed by atoms with Crippen LogP contribution < -0.4 is 5.32 Å². The molecule has 150 valence electrons. The van der Waals surface area contributed by atoms with Crippen molar-refractivity contribution in [2.24, 2.45) is 0 Å². The zero-order chi connectivity index (χ0) is 21.0. The molecule has 0 saturated heterocycles. The van der Waals surface area contributed by atoms with Gasteiger partial charge in [-0.3, -0.25) is 4.79 Å². The Balaban J connectivity index is 1.80. The zero-order valence-electron chi connectivity index (χ0n) is 15.8. The van der Waals surface area contributed by atoms with Crippen molar-refractivity contribution in [2.45, 2.75) is 24.2 Å². The molecule has 0 unspecified atom stereocenters. The quantitative estimate of drug-likeness (QED) is 0.650. The SMILES string of the molecule is C=CCN(CC=C)S(=O)(=O)c1ccc(C(=O)Nc2sc3c(c2C#N)CCC3)cc1. The standard InChI is InChI=1S/C21H21N3O3S2/c1-3-12-24(13-4-2)29(26,27)16-10-8-15(9-11-16)20(25)23-21-18(14-22)17-6-5-7-19(17)28-21/h3-4,8-11H,1-2,5-7,12-13H2,(H,23,25). The highest BCUT2D eigenvalue weighted by molar-refractivity contribution is 7.89. The van der Waals surface area contributed by atoms with Crippen molar-refractivity contribution in [3.63, 3.8) is 0 Å². The molecule has 29 heavy (non-hydrogen) atoms. The minimum absolute atomic E-state index is 0.0885. The smallest absolute Gasteiger partial charge is 0.256 e. The van der Waals surface area contributed by atoms with E-state index in [1.54, 1.807) is 0 Å². The van der Waals surface area contributed by atoms with Crippen molar-refractivity contribution >= 4 is 32.3 Å². The fourth-order valence-electron chi connectivity index (χ4n) is 3.27. The number of benzene rings is 1. The first kappa shape index (κ1) is 21.0. The normalized spacial score (nSPS) is 13.0.